The Hall–Kier alpha value is -1.87. The van der Waals surface area contributed by atoms with Crippen molar-refractivity contribution < 1.29 is 9.21 Å². The zero-order chi connectivity index (χ0) is 19.7. The molecule has 0 bridgehead atoms. The molecule has 2 aromatic heterocycles. The Balaban J connectivity index is 1.73. The largest absolute Gasteiger partial charge is 0.469 e. The topological polar surface area (TPSA) is 99.0 Å². The third-order valence-corrected chi connectivity index (χ3v) is 5.78. The van der Waals surface area contributed by atoms with Crippen LogP contribution in [-0.2, 0) is 4.79 Å². The number of nitrogen functional groups attached to an aromatic ring is 1. The van der Waals surface area contributed by atoms with Crippen LogP contribution in [0.1, 0.15) is 12.7 Å². The molecule has 0 aliphatic rings. The number of rotatable bonds is 5. The third kappa shape index (κ3) is 4.19. The fourth-order valence-corrected chi connectivity index (χ4v) is 3.59. The molecule has 2 heterocycles. The molecule has 3 rings (SSSR count). The van der Waals surface area contributed by atoms with E-state index in [0.717, 1.165) is 17.3 Å². The number of halogens is 3. The van der Waals surface area contributed by atoms with Crippen molar-refractivity contribution in [3.8, 4) is 11.4 Å². The van der Waals surface area contributed by atoms with Crippen LogP contribution in [0.4, 0.5) is 5.69 Å². The van der Waals surface area contributed by atoms with E-state index in [1.807, 2.05) is 0 Å². The molecule has 0 radical (unpaired) electrons. The van der Waals surface area contributed by atoms with Crippen molar-refractivity contribution in [2.75, 3.05) is 11.2 Å². The molecule has 3 aromatic rings. The number of nitrogens with zero attached hydrogens (tertiary/aromatic N) is 3. The number of carbonyl (C=O) groups is 1. The number of nitrogens with one attached hydrogen (secondary N) is 1. The molecule has 0 spiro atoms. The van der Waals surface area contributed by atoms with Gasteiger partial charge in [0.1, 0.15) is 5.76 Å². The van der Waals surface area contributed by atoms with E-state index in [9.17, 15) is 4.79 Å². The molecule has 1 unspecified atom stereocenters. The van der Waals surface area contributed by atoms with Gasteiger partial charge in [-0.3, -0.25) is 4.79 Å². The van der Waals surface area contributed by atoms with Crippen LogP contribution >= 0.6 is 46.6 Å². The summed E-state index contributed by atoms with van der Waals surface area (Å²) in [6, 6.07) is 4.71. The molecule has 142 valence electrons. The molecular weight excluding hydrogens is 433 g/mol. The highest BCUT2D eigenvalue weighted by molar-refractivity contribution is 8.00. The summed E-state index contributed by atoms with van der Waals surface area (Å²) in [7, 11) is 0. The van der Waals surface area contributed by atoms with E-state index in [0.29, 0.717) is 32.5 Å². The minimum absolute atomic E-state index is 0.287. The van der Waals surface area contributed by atoms with Gasteiger partial charge in [0.2, 0.25) is 11.1 Å². The number of nitrogens with two attached hydrogens (primary N) is 1. The SMILES string of the molecule is Cc1occc1-c1nnc(SC(C)C(=O)Nc2cc(Cl)c(Cl)cc2Cl)n1N. The van der Waals surface area contributed by atoms with Gasteiger partial charge in [-0.25, -0.2) is 4.68 Å². The van der Waals surface area contributed by atoms with Crippen LogP contribution in [0.15, 0.2) is 34.0 Å². The molecule has 0 saturated heterocycles. The van der Waals surface area contributed by atoms with Crippen molar-refractivity contribution in [1.82, 2.24) is 14.9 Å². The van der Waals surface area contributed by atoms with Crippen molar-refractivity contribution >= 4 is 58.2 Å². The van der Waals surface area contributed by atoms with Gasteiger partial charge in [0.15, 0.2) is 5.82 Å². The number of benzene rings is 1. The van der Waals surface area contributed by atoms with Crippen molar-refractivity contribution in [2.45, 2.75) is 24.3 Å². The number of aryl methyl sites for hydroxylation is 1. The van der Waals surface area contributed by atoms with Crippen molar-refractivity contribution in [3.63, 3.8) is 0 Å². The number of carbonyl (C=O) groups excluding carboxylic acids is 1. The van der Waals surface area contributed by atoms with Gasteiger partial charge in [0.05, 0.1) is 37.8 Å². The molecule has 0 aliphatic carbocycles. The Kier molecular flexibility index (Phi) is 5.90. The lowest BCUT2D eigenvalue weighted by atomic mass is 10.2. The number of hydrogen-bond donors (Lipinski definition) is 2. The van der Waals surface area contributed by atoms with Gasteiger partial charge >= 0.3 is 0 Å². The highest BCUT2D eigenvalue weighted by Crippen LogP contribution is 2.33. The highest BCUT2D eigenvalue weighted by Gasteiger charge is 2.22. The lowest BCUT2D eigenvalue weighted by Crippen LogP contribution is -2.23. The summed E-state index contributed by atoms with van der Waals surface area (Å²) in [5, 5.41) is 11.6. The van der Waals surface area contributed by atoms with E-state index >= 15 is 0 Å². The van der Waals surface area contributed by atoms with Crippen LogP contribution < -0.4 is 11.2 Å². The van der Waals surface area contributed by atoms with Gasteiger partial charge in [-0.05, 0) is 32.0 Å². The molecule has 0 fully saturated rings. The first-order valence-corrected chi connectivity index (χ1v) is 9.66. The van der Waals surface area contributed by atoms with E-state index in [1.54, 1.807) is 26.2 Å². The number of furan rings is 1. The van der Waals surface area contributed by atoms with Gasteiger partial charge in [0, 0.05) is 0 Å². The first kappa shape index (κ1) is 19.9. The Labute approximate surface area is 174 Å². The van der Waals surface area contributed by atoms with E-state index in [-0.39, 0.29) is 10.9 Å². The fraction of sp³-hybridized carbons (Fsp3) is 0.188. The standard InChI is InChI=1S/C16H14Cl3N5O2S/c1-7-9(3-4-26-7)14-22-23-16(24(14)20)27-8(2)15(25)21-13-6-11(18)10(17)5-12(13)19/h3-6,8H,20H2,1-2H3,(H,21,25). The lowest BCUT2D eigenvalue weighted by Gasteiger charge is -2.13. The van der Waals surface area contributed by atoms with E-state index in [2.05, 4.69) is 15.5 Å². The second kappa shape index (κ2) is 8.02. The molecular formula is C16H14Cl3N5O2S. The maximum atomic E-state index is 12.5. The molecule has 0 aliphatic heterocycles. The smallest absolute Gasteiger partial charge is 0.237 e. The molecule has 11 heteroatoms. The first-order chi connectivity index (χ1) is 12.8. The zero-order valence-electron chi connectivity index (χ0n) is 14.2. The van der Waals surface area contributed by atoms with E-state index < -0.39 is 5.25 Å². The number of aromatic nitrogens is 3. The number of amides is 1. The lowest BCUT2D eigenvalue weighted by molar-refractivity contribution is -0.115. The summed E-state index contributed by atoms with van der Waals surface area (Å²) in [5.41, 5.74) is 1.10. The average Bonchev–Trinajstić information content (AvgIpc) is 3.18. The summed E-state index contributed by atoms with van der Waals surface area (Å²) in [4.78, 5) is 12.5. The molecule has 1 atom stereocenters. The van der Waals surface area contributed by atoms with Gasteiger partial charge in [-0.15, -0.1) is 10.2 Å². The van der Waals surface area contributed by atoms with Crippen LogP contribution in [-0.4, -0.2) is 26.0 Å². The van der Waals surface area contributed by atoms with Crippen LogP contribution in [0.25, 0.3) is 11.4 Å². The third-order valence-electron chi connectivity index (χ3n) is 3.68. The normalized spacial score (nSPS) is 12.2. The summed E-state index contributed by atoms with van der Waals surface area (Å²) in [6.45, 7) is 3.51. The average molecular weight is 447 g/mol. The van der Waals surface area contributed by atoms with Crippen LogP contribution in [0.2, 0.25) is 15.1 Å². The molecule has 3 N–H and O–H groups in total. The molecule has 0 saturated carbocycles. The predicted octanol–water partition coefficient (Wildman–Crippen LogP) is 4.64. The zero-order valence-corrected chi connectivity index (χ0v) is 17.2. The summed E-state index contributed by atoms with van der Waals surface area (Å²) < 4.78 is 6.58. The molecule has 1 amide bonds. The Bertz CT molecular complexity index is 1000. The van der Waals surface area contributed by atoms with Gasteiger partial charge in [-0.2, -0.15) is 0 Å². The van der Waals surface area contributed by atoms with Gasteiger partial charge in [0.25, 0.3) is 0 Å². The minimum Gasteiger partial charge on any atom is -0.469 e. The van der Waals surface area contributed by atoms with E-state index in [1.165, 1.54) is 16.8 Å². The van der Waals surface area contributed by atoms with Crippen LogP contribution in [0, 0.1) is 6.92 Å². The monoisotopic (exact) mass is 445 g/mol. The molecule has 27 heavy (non-hydrogen) atoms. The van der Waals surface area contributed by atoms with Crippen molar-refractivity contribution in [3.05, 3.63) is 45.3 Å². The summed E-state index contributed by atoms with van der Waals surface area (Å²) in [5.74, 6) is 6.89. The predicted molar refractivity (Wildman–Crippen MR) is 108 cm³/mol. The van der Waals surface area contributed by atoms with Crippen molar-refractivity contribution in [1.29, 1.82) is 0 Å². The number of anilines is 1. The minimum atomic E-state index is -0.527. The van der Waals surface area contributed by atoms with Crippen molar-refractivity contribution in [2.24, 2.45) is 0 Å². The number of hydrogen-bond acceptors (Lipinski definition) is 6. The maximum absolute atomic E-state index is 12.5. The Morgan fingerprint density at radius 1 is 1.26 bits per heavy atom. The Morgan fingerprint density at radius 3 is 2.63 bits per heavy atom. The highest BCUT2D eigenvalue weighted by atomic mass is 35.5. The summed E-state index contributed by atoms with van der Waals surface area (Å²) >= 11 is 19.1. The molecule has 1 aromatic carbocycles. The van der Waals surface area contributed by atoms with E-state index in [4.69, 9.17) is 45.1 Å². The van der Waals surface area contributed by atoms with Crippen LogP contribution in [0.5, 0.6) is 0 Å². The van der Waals surface area contributed by atoms with Gasteiger partial charge in [-0.1, -0.05) is 46.6 Å². The second-order valence-corrected chi connectivity index (χ2v) is 8.09. The van der Waals surface area contributed by atoms with Crippen LogP contribution in [0.3, 0.4) is 0 Å². The van der Waals surface area contributed by atoms with Gasteiger partial charge < -0.3 is 15.6 Å². The first-order valence-electron chi connectivity index (χ1n) is 7.65. The fourth-order valence-electron chi connectivity index (χ4n) is 2.22. The maximum Gasteiger partial charge on any atom is 0.237 e. The Morgan fingerprint density at radius 2 is 1.96 bits per heavy atom. The number of thioether (sulfide) groups is 1. The molecule has 7 nitrogen and oxygen atoms in total. The quantitative estimate of drug-likeness (QED) is 0.336. The second-order valence-electron chi connectivity index (χ2n) is 5.56. The summed E-state index contributed by atoms with van der Waals surface area (Å²) in [6.07, 6.45) is 1.54.